The van der Waals surface area contributed by atoms with E-state index < -0.39 is 34.2 Å². The Balaban J connectivity index is 2.37. The van der Waals surface area contributed by atoms with E-state index in [1.807, 2.05) is 0 Å². The first-order valence-corrected chi connectivity index (χ1v) is 7.39. The SMILES string of the molecule is CNCC#Cc1c(F)cc2c(=O)c(C(=O)O)cn(C3CC3)c2c1F. The van der Waals surface area contributed by atoms with Crippen LogP contribution in [0.25, 0.3) is 10.9 Å². The number of carboxylic acid groups (broad SMARTS) is 1. The minimum absolute atomic E-state index is 0.0933. The molecule has 24 heavy (non-hydrogen) atoms. The Kier molecular flexibility index (Phi) is 4.08. The Bertz CT molecular complexity index is 966. The zero-order chi connectivity index (χ0) is 17.4. The number of hydrogen-bond acceptors (Lipinski definition) is 3. The molecule has 0 spiro atoms. The third-order valence-electron chi connectivity index (χ3n) is 3.86. The van der Waals surface area contributed by atoms with E-state index in [2.05, 4.69) is 17.2 Å². The molecule has 0 radical (unpaired) electrons. The molecule has 1 aromatic carbocycles. The van der Waals surface area contributed by atoms with E-state index in [4.69, 9.17) is 5.11 Å². The number of aromatic carboxylic acids is 1. The van der Waals surface area contributed by atoms with Crippen LogP contribution in [0.2, 0.25) is 0 Å². The fraction of sp³-hybridized carbons (Fsp3) is 0.294. The molecule has 124 valence electrons. The number of carboxylic acids is 1. The van der Waals surface area contributed by atoms with Gasteiger partial charge in [-0.15, -0.1) is 0 Å². The highest BCUT2D eigenvalue weighted by Crippen LogP contribution is 2.38. The molecule has 0 amide bonds. The van der Waals surface area contributed by atoms with Crippen molar-refractivity contribution in [3.05, 3.63) is 45.2 Å². The second-order valence-corrected chi connectivity index (χ2v) is 5.59. The highest BCUT2D eigenvalue weighted by atomic mass is 19.1. The first-order chi connectivity index (χ1) is 11.5. The van der Waals surface area contributed by atoms with Gasteiger partial charge in [0.25, 0.3) is 0 Å². The molecule has 1 aliphatic rings. The minimum Gasteiger partial charge on any atom is -0.477 e. The van der Waals surface area contributed by atoms with Gasteiger partial charge in [0.05, 0.1) is 23.0 Å². The second-order valence-electron chi connectivity index (χ2n) is 5.59. The largest absolute Gasteiger partial charge is 0.477 e. The highest BCUT2D eigenvalue weighted by Gasteiger charge is 2.29. The number of pyridine rings is 1. The maximum atomic E-state index is 14.8. The van der Waals surface area contributed by atoms with Crippen LogP contribution in [0.5, 0.6) is 0 Å². The van der Waals surface area contributed by atoms with Crippen LogP contribution in [-0.4, -0.2) is 29.2 Å². The summed E-state index contributed by atoms with van der Waals surface area (Å²) in [5.74, 6) is 1.67. The zero-order valence-corrected chi connectivity index (χ0v) is 12.8. The van der Waals surface area contributed by atoms with Gasteiger partial charge in [0.1, 0.15) is 11.4 Å². The quantitative estimate of drug-likeness (QED) is 0.842. The summed E-state index contributed by atoms with van der Waals surface area (Å²) in [6.07, 6.45) is 2.62. The molecule has 1 heterocycles. The van der Waals surface area contributed by atoms with E-state index in [1.165, 1.54) is 4.57 Å². The van der Waals surface area contributed by atoms with Gasteiger partial charge in [0, 0.05) is 12.2 Å². The fourth-order valence-corrected chi connectivity index (χ4v) is 2.57. The van der Waals surface area contributed by atoms with E-state index in [-0.39, 0.29) is 23.5 Å². The predicted octanol–water partition coefficient (Wildman–Crippen LogP) is 1.88. The third kappa shape index (κ3) is 2.65. The molecule has 1 fully saturated rings. The summed E-state index contributed by atoms with van der Waals surface area (Å²) in [5.41, 5.74) is -1.92. The maximum Gasteiger partial charge on any atom is 0.341 e. The molecule has 3 rings (SSSR count). The van der Waals surface area contributed by atoms with Crippen molar-refractivity contribution >= 4 is 16.9 Å². The molecule has 0 saturated heterocycles. The maximum absolute atomic E-state index is 14.8. The number of nitrogens with one attached hydrogen (secondary N) is 1. The van der Waals surface area contributed by atoms with Crippen molar-refractivity contribution in [3.8, 4) is 11.8 Å². The number of aromatic nitrogens is 1. The molecule has 0 unspecified atom stereocenters. The molecule has 0 bridgehead atoms. The van der Waals surface area contributed by atoms with Gasteiger partial charge in [-0.05, 0) is 26.0 Å². The van der Waals surface area contributed by atoms with Crippen molar-refractivity contribution in [2.24, 2.45) is 0 Å². The first kappa shape index (κ1) is 16.1. The van der Waals surface area contributed by atoms with E-state index in [9.17, 15) is 18.4 Å². The van der Waals surface area contributed by atoms with Crippen LogP contribution < -0.4 is 10.7 Å². The summed E-state index contributed by atoms with van der Waals surface area (Å²) in [6, 6.07) is 0.777. The van der Waals surface area contributed by atoms with Gasteiger partial charge >= 0.3 is 5.97 Å². The molecule has 1 aromatic heterocycles. The van der Waals surface area contributed by atoms with Crippen LogP contribution in [0.1, 0.15) is 34.8 Å². The van der Waals surface area contributed by atoms with Crippen LogP contribution in [-0.2, 0) is 0 Å². The average molecular weight is 332 g/mol. The lowest BCUT2D eigenvalue weighted by atomic mass is 10.1. The number of hydrogen-bond donors (Lipinski definition) is 2. The smallest absolute Gasteiger partial charge is 0.341 e. The summed E-state index contributed by atoms with van der Waals surface area (Å²) >= 11 is 0. The Labute approximate surface area is 135 Å². The Morgan fingerprint density at radius 1 is 1.46 bits per heavy atom. The molecule has 2 N–H and O–H groups in total. The van der Waals surface area contributed by atoms with Crippen molar-refractivity contribution in [2.45, 2.75) is 18.9 Å². The van der Waals surface area contributed by atoms with E-state index >= 15 is 0 Å². The Hall–Kier alpha value is -2.72. The average Bonchev–Trinajstić information content (AvgIpc) is 3.36. The number of carbonyl (C=O) groups is 1. The second kappa shape index (κ2) is 6.06. The first-order valence-electron chi connectivity index (χ1n) is 7.39. The van der Waals surface area contributed by atoms with Crippen molar-refractivity contribution in [1.82, 2.24) is 9.88 Å². The summed E-state index contributed by atoms with van der Waals surface area (Å²) < 4.78 is 30.5. The van der Waals surface area contributed by atoms with Crippen LogP contribution in [0.15, 0.2) is 17.1 Å². The lowest BCUT2D eigenvalue weighted by Crippen LogP contribution is -2.20. The van der Waals surface area contributed by atoms with Gasteiger partial charge in [0.15, 0.2) is 5.82 Å². The molecule has 5 nitrogen and oxygen atoms in total. The van der Waals surface area contributed by atoms with Crippen LogP contribution in [0, 0.1) is 23.5 Å². The van der Waals surface area contributed by atoms with Gasteiger partial charge < -0.3 is 15.0 Å². The number of nitrogens with zero attached hydrogens (tertiary/aromatic N) is 1. The summed E-state index contributed by atoms with van der Waals surface area (Å²) in [6.45, 7) is 0.254. The number of fused-ring (bicyclic) bond motifs is 1. The molecular weight excluding hydrogens is 318 g/mol. The summed E-state index contributed by atoms with van der Waals surface area (Å²) in [5, 5.41) is 11.6. The van der Waals surface area contributed by atoms with Gasteiger partial charge in [-0.1, -0.05) is 11.8 Å². The number of rotatable bonds is 3. The molecule has 1 aliphatic carbocycles. The number of halogens is 2. The standard InChI is InChI=1S/C17H14F2N2O3/c1-20-6-2-3-10-13(18)7-11-15(14(10)19)21(9-4-5-9)8-12(16(11)22)17(23)24/h7-9,20H,4-6H2,1H3,(H,23,24). The monoisotopic (exact) mass is 332 g/mol. The van der Waals surface area contributed by atoms with E-state index in [1.54, 1.807) is 7.05 Å². The molecule has 0 aliphatic heterocycles. The van der Waals surface area contributed by atoms with Crippen LogP contribution in [0.3, 0.4) is 0 Å². The Morgan fingerprint density at radius 2 is 2.17 bits per heavy atom. The number of benzene rings is 1. The lowest BCUT2D eigenvalue weighted by molar-refractivity contribution is 0.0695. The van der Waals surface area contributed by atoms with Crippen LogP contribution in [0.4, 0.5) is 8.78 Å². The molecule has 1 saturated carbocycles. The molecule has 0 atom stereocenters. The van der Waals surface area contributed by atoms with Crippen molar-refractivity contribution in [1.29, 1.82) is 0 Å². The van der Waals surface area contributed by atoms with Crippen LogP contribution >= 0.6 is 0 Å². The lowest BCUT2D eigenvalue weighted by Gasteiger charge is -2.13. The van der Waals surface area contributed by atoms with Gasteiger partial charge in [-0.3, -0.25) is 4.79 Å². The topological polar surface area (TPSA) is 71.3 Å². The van der Waals surface area contributed by atoms with Gasteiger partial charge in [-0.25, -0.2) is 13.6 Å². The van der Waals surface area contributed by atoms with Crippen molar-refractivity contribution < 1.29 is 18.7 Å². The normalized spacial score (nSPS) is 13.6. The minimum atomic E-state index is -1.42. The Morgan fingerprint density at radius 3 is 2.75 bits per heavy atom. The van der Waals surface area contributed by atoms with Crippen molar-refractivity contribution in [3.63, 3.8) is 0 Å². The summed E-state index contributed by atoms with van der Waals surface area (Å²) in [4.78, 5) is 23.5. The van der Waals surface area contributed by atoms with Gasteiger partial charge in [0.2, 0.25) is 5.43 Å². The molecule has 2 aromatic rings. The fourth-order valence-electron chi connectivity index (χ4n) is 2.57. The highest BCUT2D eigenvalue weighted by molar-refractivity contribution is 5.93. The van der Waals surface area contributed by atoms with E-state index in [0.29, 0.717) is 0 Å². The molecular formula is C17H14F2N2O3. The van der Waals surface area contributed by atoms with Gasteiger partial charge in [-0.2, -0.15) is 0 Å². The molecule has 7 heteroatoms. The third-order valence-corrected chi connectivity index (χ3v) is 3.86. The summed E-state index contributed by atoms with van der Waals surface area (Å²) in [7, 11) is 1.65. The zero-order valence-electron chi connectivity index (χ0n) is 12.8. The van der Waals surface area contributed by atoms with E-state index in [0.717, 1.165) is 25.1 Å². The van der Waals surface area contributed by atoms with Crippen molar-refractivity contribution in [2.75, 3.05) is 13.6 Å². The predicted molar refractivity (Wildman–Crippen MR) is 84.2 cm³/mol.